The molecule has 0 amide bonds. The van der Waals surface area contributed by atoms with E-state index < -0.39 is 0 Å². The number of anilines is 2. The molecule has 0 bridgehead atoms. The Morgan fingerprint density at radius 3 is 2.81 bits per heavy atom. The first-order chi connectivity index (χ1) is 10.1. The molecule has 0 saturated carbocycles. The Hall–Kier alpha value is -2.27. The van der Waals surface area contributed by atoms with Crippen molar-refractivity contribution in [2.75, 3.05) is 11.1 Å². The number of rotatable bonds is 3. The predicted molar refractivity (Wildman–Crippen MR) is 84.4 cm³/mol. The first-order valence-electron chi connectivity index (χ1n) is 6.58. The van der Waals surface area contributed by atoms with E-state index in [1.807, 2.05) is 38.1 Å². The van der Waals surface area contributed by atoms with Gasteiger partial charge < -0.3 is 15.5 Å². The van der Waals surface area contributed by atoms with Crippen molar-refractivity contribution in [3.05, 3.63) is 46.9 Å². The molecule has 0 aliphatic rings. The molecular formula is C15H15ClN4O. The Morgan fingerprint density at radius 1 is 1.29 bits per heavy atom. The molecule has 0 fully saturated rings. The lowest BCUT2D eigenvalue weighted by Crippen LogP contribution is -2.09. The SMILES string of the molecule is Cc1c([C@H](C)Nc2ncnc(N)c2Cl)oc2ccccc12. The summed E-state index contributed by atoms with van der Waals surface area (Å²) in [7, 11) is 0. The summed E-state index contributed by atoms with van der Waals surface area (Å²) in [5, 5.41) is 4.64. The summed E-state index contributed by atoms with van der Waals surface area (Å²) in [6, 6.07) is 7.85. The van der Waals surface area contributed by atoms with Crippen molar-refractivity contribution in [2.24, 2.45) is 0 Å². The van der Waals surface area contributed by atoms with Gasteiger partial charge in [-0.1, -0.05) is 29.8 Å². The van der Waals surface area contributed by atoms with Crippen molar-refractivity contribution in [3.8, 4) is 0 Å². The van der Waals surface area contributed by atoms with Gasteiger partial charge in [-0.05, 0) is 19.9 Å². The molecule has 3 N–H and O–H groups in total. The van der Waals surface area contributed by atoms with Crippen LogP contribution in [0.2, 0.25) is 5.02 Å². The van der Waals surface area contributed by atoms with Crippen molar-refractivity contribution in [3.63, 3.8) is 0 Å². The maximum atomic E-state index is 6.10. The lowest BCUT2D eigenvalue weighted by atomic mass is 10.1. The minimum atomic E-state index is -0.0933. The van der Waals surface area contributed by atoms with Crippen molar-refractivity contribution < 1.29 is 4.42 Å². The number of benzene rings is 1. The number of hydrogen-bond donors (Lipinski definition) is 2. The summed E-state index contributed by atoms with van der Waals surface area (Å²) in [6.07, 6.45) is 1.38. The summed E-state index contributed by atoms with van der Waals surface area (Å²) < 4.78 is 5.92. The Kier molecular flexibility index (Phi) is 3.43. The van der Waals surface area contributed by atoms with Gasteiger partial charge in [-0.25, -0.2) is 9.97 Å². The molecule has 3 aromatic rings. The molecule has 0 saturated heterocycles. The van der Waals surface area contributed by atoms with E-state index in [-0.39, 0.29) is 11.9 Å². The molecule has 0 unspecified atom stereocenters. The highest BCUT2D eigenvalue weighted by molar-refractivity contribution is 6.35. The molecule has 0 aliphatic carbocycles. The molecule has 0 radical (unpaired) electrons. The van der Waals surface area contributed by atoms with E-state index in [1.165, 1.54) is 6.33 Å². The monoisotopic (exact) mass is 302 g/mol. The topological polar surface area (TPSA) is 77.0 Å². The number of nitrogen functional groups attached to an aromatic ring is 1. The Bertz CT molecular complexity index is 799. The number of aryl methyl sites for hydroxylation is 1. The van der Waals surface area contributed by atoms with Gasteiger partial charge in [0.05, 0.1) is 6.04 Å². The van der Waals surface area contributed by atoms with E-state index in [1.54, 1.807) is 0 Å². The smallest absolute Gasteiger partial charge is 0.151 e. The molecule has 2 aromatic heterocycles. The lowest BCUT2D eigenvalue weighted by molar-refractivity contribution is 0.521. The minimum absolute atomic E-state index is 0.0933. The predicted octanol–water partition coefficient (Wildman–Crippen LogP) is 3.94. The number of furan rings is 1. The lowest BCUT2D eigenvalue weighted by Gasteiger charge is -2.14. The normalized spacial score (nSPS) is 12.5. The van der Waals surface area contributed by atoms with Crippen LogP contribution in [0.4, 0.5) is 11.6 Å². The molecule has 1 atom stereocenters. The average Bonchev–Trinajstić information content (AvgIpc) is 2.82. The van der Waals surface area contributed by atoms with Gasteiger partial charge in [0, 0.05) is 10.9 Å². The first kappa shape index (κ1) is 13.7. The second kappa shape index (κ2) is 5.26. The maximum Gasteiger partial charge on any atom is 0.151 e. The van der Waals surface area contributed by atoms with E-state index in [9.17, 15) is 0 Å². The fourth-order valence-corrected chi connectivity index (χ4v) is 2.51. The van der Waals surface area contributed by atoms with Crippen LogP contribution in [0.5, 0.6) is 0 Å². The Labute approximate surface area is 127 Å². The van der Waals surface area contributed by atoms with E-state index in [0.717, 1.165) is 22.3 Å². The van der Waals surface area contributed by atoms with Gasteiger partial charge in [-0.15, -0.1) is 0 Å². The van der Waals surface area contributed by atoms with Gasteiger partial charge >= 0.3 is 0 Å². The van der Waals surface area contributed by atoms with Crippen molar-refractivity contribution in [1.82, 2.24) is 9.97 Å². The summed E-state index contributed by atoms with van der Waals surface area (Å²) in [6.45, 7) is 4.02. The summed E-state index contributed by atoms with van der Waals surface area (Å²) >= 11 is 6.10. The molecule has 3 rings (SSSR count). The second-order valence-electron chi connectivity index (χ2n) is 4.87. The van der Waals surface area contributed by atoms with Crippen LogP contribution < -0.4 is 11.1 Å². The van der Waals surface area contributed by atoms with Gasteiger partial charge in [0.2, 0.25) is 0 Å². The molecule has 1 aromatic carbocycles. The number of para-hydroxylation sites is 1. The largest absolute Gasteiger partial charge is 0.459 e. The van der Waals surface area contributed by atoms with E-state index >= 15 is 0 Å². The van der Waals surface area contributed by atoms with Crippen molar-refractivity contribution in [2.45, 2.75) is 19.9 Å². The van der Waals surface area contributed by atoms with Crippen LogP contribution in [0.25, 0.3) is 11.0 Å². The first-order valence-corrected chi connectivity index (χ1v) is 6.96. The Morgan fingerprint density at radius 2 is 2.05 bits per heavy atom. The number of aromatic nitrogens is 2. The van der Waals surface area contributed by atoms with E-state index in [0.29, 0.717) is 10.8 Å². The van der Waals surface area contributed by atoms with Gasteiger partial charge in [-0.3, -0.25) is 0 Å². The second-order valence-corrected chi connectivity index (χ2v) is 5.25. The van der Waals surface area contributed by atoms with Crippen LogP contribution in [-0.2, 0) is 0 Å². The summed E-state index contributed by atoms with van der Waals surface area (Å²) in [5.41, 5.74) is 7.65. The van der Waals surface area contributed by atoms with Gasteiger partial charge in [0.1, 0.15) is 28.5 Å². The summed E-state index contributed by atoms with van der Waals surface area (Å²) in [5.74, 6) is 1.60. The maximum absolute atomic E-state index is 6.10. The fraction of sp³-hybridized carbons (Fsp3) is 0.200. The number of fused-ring (bicyclic) bond motifs is 1. The highest BCUT2D eigenvalue weighted by atomic mass is 35.5. The third-order valence-electron chi connectivity index (χ3n) is 3.44. The number of hydrogen-bond acceptors (Lipinski definition) is 5. The van der Waals surface area contributed by atoms with Crippen LogP contribution in [-0.4, -0.2) is 9.97 Å². The van der Waals surface area contributed by atoms with Crippen LogP contribution >= 0.6 is 11.6 Å². The quantitative estimate of drug-likeness (QED) is 0.766. The molecule has 108 valence electrons. The molecule has 21 heavy (non-hydrogen) atoms. The van der Waals surface area contributed by atoms with Gasteiger partial charge in [0.15, 0.2) is 5.82 Å². The number of nitrogens with two attached hydrogens (primary N) is 1. The van der Waals surface area contributed by atoms with Crippen LogP contribution in [0.1, 0.15) is 24.3 Å². The molecule has 0 spiro atoms. The van der Waals surface area contributed by atoms with Crippen LogP contribution in [0.15, 0.2) is 35.0 Å². The number of nitrogens with one attached hydrogen (secondary N) is 1. The zero-order valence-electron chi connectivity index (χ0n) is 11.7. The summed E-state index contributed by atoms with van der Waals surface area (Å²) in [4.78, 5) is 7.96. The Balaban J connectivity index is 1.95. The zero-order chi connectivity index (χ0) is 15.0. The molecule has 5 nitrogen and oxygen atoms in total. The third-order valence-corrected chi connectivity index (χ3v) is 3.82. The average molecular weight is 303 g/mol. The molecule has 0 aliphatic heterocycles. The molecular weight excluding hydrogens is 288 g/mol. The van der Waals surface area contributed by atoms with Crippen LogP contribution in [0, 0.1) is 6.92 Å². The van der Waals surface area contributed by atoms with Crippen molar-refractivity contribution in [1.29, 1.82) is 0 Å². The zero-order valence-corrected chi connectivity index (χ0v) is 12.5. The van der Waals surface area contributed by atoms with Crippen molar-refractivity contribution >= 4 is 34.2 Å². The van der Waals surface area contributed by atoms with Gasteiger partial charge in [0.25, 0.3) is 0 Å². The molecule has 2 heterocycles. The van der Waals surface area contributed by atoms with E-state index in [2.05, 4.69) is 15.3 Å². The number of halogens is 1. The number of nitrogens with zero attached hydrogens (tertiary/aromatic N) is 2. The van der Waals surface area contributed by atoms with Crippen LogP contribution in [0.3, 0.4) is 0 Å². The fourth-order valence-electron chi connectivity index (χ4n) is 2.36. The minimum Gasteiger partial charge on any atom is -0.459 e. The van der Waals surface area contributed by atoms with E-state index in [4.69, 9.17) is 21.8 Å². The molecule has 6 heteroatoms. The van der Waals surface area contributed by atoms with Gasteiger partial charge in [-0.2, -0.15) is 0 Å². The highest BCUT2D eigenvalue weighted by Gasteiger charge is 2.18. The third kappa shape index (κ3) is 2.40. The standard InChI is InChI=1S/C15H15ClN4O/c1-8-10-5-3-4-6-11(10)21-13(8)9(2)20-15-12(16)14(17)18-7-19-15/h3-7,9H,1-2H3,(H3,17,18,19,20)/t9-/m0/s1. The highest BCUT2D eigenvalue weighted by Crippen LogP contribution is 2.32.